The fourth-order valence-corrected chi connectivity index (χ4v) is 2.56. The summed E-state index contributed by atoms with van der Waals surface area (Å²) in [6, 6.07) is 9.08. The Morgan fingerprint density at radius 2 is 1.84 bits per heavy atom. The number of aryl methyl sites for hydroxylation is 2. The zero-order valence-electron chi connectivity index (χ0n) is 13.5. The number of non-ortho nitro benzene ring substituents is 1. The minimum atomic E-state index is -0.611. The molecule has 8 heteroatoms. The zero-order chi connectivity index (χ0) is 18.1. The van der Waals surface area contributed by atoms with Gasteiger partial charge >= 0.3 is 0 Å². The minimum Gasteiger partial charge on any atom is -0.505 e. The summed E-state index contributed by atoms with van der Waals surface area (Å²) in [5, 5.41) is 28.3. The molecule has 0 aliphatic heterocycles. The van der Waals surface area contributed by atoms with Gasteiger partial charge in [-0.3, -0.25) is 14.9 Å². The maximum absolute atomic E-state index is 12.6. The first kappa shape index (κ1) is 16.3. The second kappa shape index (κ2) is 6.16. The van der Waals surface area contributed by atoms with E-state index in [1.165, 1.54) is 23.0 Å². The molecule has 126 valence electrons. The van der Waals surface area contributed by atoms with Crippen LogP contribution in [0.15, 0.2) is 42.6 Å². The van der Waals surface area contributed by atoms with Crippen molar-refractivity contribution < 1.29 is 14.8 Å². The van der Waals surface area contributed by atoms with Crippen molar-refractivity contribution in [3.05, 3.63) is 75.1 Å². The lowest BCUT2D eigenvalue weighted by molar-refractivity contribution is -0.384. The number of carbonyl (C=O) groups is 1. The first-order valence-electron chi connectivity index (χ1n) is 7.38. The van der Waals surface area contributed by atoms with E-state index in [-0.39, 0.29) is 28.6 Å². The number of aromatic hydroxyl groups is 1. The molecule has 25 heavy (non-hydrogen) atoms. The summed E-state index contributed by atoms with van der Waals surface area (Å²) in [7, 11) is 0. The summed E-state index contributed by atoms with van der Waals surface area (Å²) in [5.41, 5.74) is 2.48. The summed E-state index contributed by atoms with van der Waals surface area (Å²) >= 11 is 0. The van der Waals surface area contributed by atoms with Gasteiger partial charge in [-0.2, -0.15) is 0 Å². The third kappa shape index (κ3) is 3.23. The molecule has 0 amide bonds. The molecule has 0 radical (unpaired) electrons. The van der Waals surface area contributed by atoms with Crippen LogP contribution in [0.1, 0.15) is 27.2 Å². The van der Waals surface area contributed by atoms with Crippen LogP contribution in [0.4, 0.5) is 5.69 Å². The van der Waals surface area contributed by atoms with Gasteiger partial charge in [0.1, 0.15) is 11.4 Å². The summed E-state index contributed by atoms with van der Waals surface area (Å²) < 4.78 is 1.20. The Labute approximate surface area is 142 Å². The van der Waals surface area contributed by atoms with Crippen molar-refractivity contribution in [1.82, 2.24) is 15.0 Å². The summed E-state index contributed by atoms with van der Waals surface area (Å²) in [6.07, 6.45) is 1.38. The van der Waals surface area contributed by atoms with E-state index in [9.17, 15) is 20.0 Å². The summed E-state index contributed by atoms with van der Waals surface area (Å²) in [6.45, 7) is 3.80. The number of carbonyl (C=O) groups excluding carboxylic acids is 1. The van der Waals surface area contributed by atoms with Crippen molar-refractivity contribution in [2.75, 3.05) is 0 Å². The maximum atomic E-state index is 12.6. The van der Waals surface area contributed by atoms with Crippen molar-refractivity contribution in [3.63, 3.8) is 0 Å². The van der Waals surface area contributed by atoms with E-state index in [1.54, 1.807) is 12.1 Å². The lowest BCUT2D eigenvalue weighted by atomic mass is 10.0. The minimum absolute atomic E-state index is 0.114. The second-order valence-electron chi connectivity index (χ2n) is 5.68. The molecule has 3 aromatic rings. The lowest BCUT2D eigenvalue weighted by Gasteiger charge is -2.03. The quantitative estimate of drug-likeness (QED) is 0.445. The SMILES string of the molecule is Cc1cc(C)cc(C(=O)c2cn(-c3ccc([N+](=O)[O-])cc3O)nn2)c1. The van der Waals surface area contributed by atoms with Crippen LogP contribution in [0.2, 0.25) is 0 Å². The van der Waals surface area contributed by atoms with E-state index in [2.05, 4.69) is 10.3 Å². The molecule has 0 saturated heterocycles. The van der Waals surface area contributed by atoms with Gasteiger partial charge in [0, 0.05) is 11.6 Å². The van der Waals surface area contributed by atoms with E-state index >= 15 is 0 Å². The Morgan fingerprint density at radius 3 is 2.44 bits per heavy atom. The first-order chi connectivity index (χ1) is 11.8. The first-order valence-corrected chi connectivity index (χ1v) is 7.38. The second-order valence-corrected chi connectivity index (χ2v) is 5.68. The third-order valence-corrected chi connectivity index (χ3v) is 3.63. The topological polar surface area (TPSA) is 111 Å². The van der Waals surface area contributed by atoms with Gasteiger partial charge in [-0.05, 0) is 32.0 Å². The standard InChI is InChI=1S/C17H14N4O4/c1-10-5-11(2)7-12(6-10)17(23)14-9-20(19-18-14)15-4-3-13(21(24)25)8-16(15)22/h3-9,22H,1-2H3. The molecule has 0 saturated carbocycles. The molecule has 8 nitrogen and oxygen atoms in total. The Bertz CT molecular complexity index is 974. The number of hydrogen-bond donors (Lipinski definition) is 1. The van der Waals surface area contributed by atoms with Crippen molar-refractivity contribution in [3.8, 4) is 11.4 Å². The number of rotatable bonds is 4. The van der Waals surface area contributed by atoms with Crippen LogP contribution in [-0.2, 0) is 0 Å². The van der Waals surface area contributed by atoms with Crippen molar-refractivity contribution in [2.24, 2.45) is 0 Å². The number of benzene rings is 2. The van der Waals surface area contributed by atoms with Gasteiger partial charge in [0.15, 0.2) is 5.69 Å². The van der Waals surface area contributed by atoms with Crippen molar-refractivity contribution >= 4 is 11.5 Å². The maximum Gasteiger partial charge on any atom is 0.273 e. The van der Waals surface area contributed by atoms with Crippen LogP contribution in [-0.4, -0.2) is 30.8 Å². The number of aromatic nitrogens is 3. The van der Waals surface area contributed by atoms with E-state index < -0.39 is 4.92 Å². The predicted molar refractivity (Wildman–Crippen MR) is 89.0 cm³/mol. The molecule has 0 unspecified atom stereocenters. The smallest absolute Gasteiger partial charge is 0.273 e. The predicted octanol–water partition coefficient (Wildman–Crippen LogP) is 2.73. The van der Waals surface area contributed by atoms with Gasteiger partial charge in [-0.1, -0.05) is 22.4 Å². The van der Waals surface area contributed by atoms with E-state index in [1.807, 2.05) is 19.9 Å². The number of phenolic OH excluding ortho intramolecular Hbond substituents is 1. The van der Waals surface area contributed by atoms with Crippen LogP contribution in [0.25, 0.3) is 5.69 Å². The van der Waals surface area contributed by atoms with E-state index in [0.29, 0.717) is 5.56 Å². The largest absolute Gasteiger partial charge is 0.505 e. The lowest BCUT2D eigenvalue weighted by Crippen LogP contribution is -2.03. The van der Waals surface area contributed by atoms with Crippen LogP contribution in [0, 0.1) is 24.0 Å². The molecule has 0 aliphatic rings. The van der Waals surface area contributed by atoms with Crippen molar-refractivity contribution in [1.29, 1.82) is 0 Å². The highest BCUT2D eigenvalue weighted by Gasteiger charge is 2.17. The number of ketones is 1. The fraction of sp³-hybridized carbons (Fsp3) is 0.118. The van der Waals surface area contributed by atoms with Crippen LogP contribution < -0.4 is 0 Å². The van der Waals surface area contributed by atoms with Crippen LogP contribution in [0.3, 0.4) is 0 Å². The number of nitro benzene ring substituents is 1. The molecule has 0 atom stereocenters. The van der Waals surface area contributed by atoms with Gasteiger partial charge in [0.25, 0.3) is 5.69 Å². The van der Waals surface area contributed by atoms with Gasteiger partial charge in [0.2, 0.25) is 5.78 Å². The van der Waals surface area contributed by atoms with Gasteiger partial charge in [-0.15, -0.1) is 5.10 Å². The zero-order valence-corrected chi connectivity index (χ0v) is 13.5. The number of phenols is 1. The molecule has 0 spiro atoms. The van der Waals surface area contributed by atoms with Crippen molar-refractivity contribution in [2.45, 2.75) is 13.8 Å². The Hall–Kier alpha value is -3.55. The molecule has 0 aliphatic carbocycles. The number of nitro groups is 1. The molecule has 0 bridgehead atoms. The monoisotopic (exact) mass is 338 g/mol. The van der Waals surface area contributed by atoms with Crippen LogP contribution >= 0.6 is 0 Å². The Balaban J connectivity index is 1.95. The Kier molecular flexibility index (Phi) is 4.02. The molecule has 3 rings (SSSR count). The average molecular weight is 338 g/mol. The summed E-state index contributed by atoms with van der Waals surface area (Å²) in [4.78, 5) is 22.7. The van der Waals surface area contributed by atoms with Gasteiger partial charge < -0.3 is 5.11 Å². The normalized spacial score (nSPS) is 10.6. The Morgan fingerprint density at radius 1 is 1.16 bits per heavy atom. The van der Waals surface area contributed by atoms with Crippen LogP contribution in [0.5, 0.6) is 5.75 Å². The highest BCUT2D eigenvalue weighted by molar-refractivity contribution is 6.07. The molecule has 1 heterocycles. The molecular formula is C17H14N4O4. The third-order valence-electron chi connectivity index (χ3n) is 3.63. The molecule has 1 aromatic heterocycles. The van der Waals surface area contributed by atoms with E-state index in [4.69, 9.17) is 0 Å². The van der Waals surface area contributed by atoms with Gasteiger partial charge in [0.05, 0.1) is 17.2 Å². The highest BCUT2D eigenvalue weighted by Crippen LogP contribution is 2.26. The molecule has 1 N–H and O–H groups in total. The van der Waals surface area contributed by atoms with Gasteiger partial charge in [-0.25, -0.2) is 4.68 Å². The highest BCUT2D eigenvalue weighted by atomic mass is 16.6. The molecule has 2 aromatic carbocycles. The number of hydrogen-bond acceptors (Lipinski definition) is 6. The average Bonchev–Trinajstić information content (AvgIpc) is 3.02. The number of nitrogens with zero attached hydrogens (tertiary/aromatic N) is 4. The molecular weight excluding hydrogens is 324 g/mol. The fourth-order valence-electron chi connectivity index (χ4n) is 2.56. The summed E-state index contributed by atoms with van der Waals surface area (Å²) in [5.74, 6) is -0.621. The molecule has 0 fully saturated rings. The van der Waals surface area contributed by atoms with E-state index in [0.717, 1.165) is 17.2 Å².